The second kappa shape index (κ2) is 10.1. The molecule has 0 unspecified atom stereocenters. The molecule has 6 heteroatoms. The highest BCUT2D eigenvalue weighted by Gasteiger charge is 2.30. The highest BCUT2D eigenvalue weighted by molar-refractivity contribution is 6.01. The van der Waals surface area contributed by atoms with Gasteiger partial charge in [-0.2, -0.15) is 0 Å². The number of ether oxygens (including phenoxy) is 1. The quantitative estimate of drug-likeness (QED) is 0.818. The first-order chi connectivity index (χ1) is 14.8. The molecule has 0 bridgehead atoms. The molecule has 1 N–H and O–H groups in total. The number of fused-ring (bicyclic) bond motifs is 3. The van der Waals surface area contributed by atoms with Crippen molar-refractivity contribution in [1.82, 2.24) is 9.80 Å². The Hall–Kier alpha value is -2.70. The number of hydrogen-bond acceptors (Lipinski definition) is 4. The Balaban J connectivity index is 2.10. The number of aliphatic hydroxyl groups is 1. The molecule has 1 heterocycles. The number of benzene rings is 2. The van der Waals surface area contributed by atoms with Crippen LogP contribution in [0.1, 0.15) is 36.7 Å². The SMILES string of the molecule is CC(=O)N(C)C[C@H]1OCc2ccccc2-c2ccccc2C(=O)N([C@@H](C)CO)C[C@@H]1C. The molecule has 6 nitrogen and oxygen atoms in total. The monoisotopic (exact) mass is 424 g/mol. The van der Waals surface area contributed by atoms with Crippen molar-refractivity contribution >= 4 is 11.8 Å². The van der Waals surface area contributed by atoms with Gasteiger partial charge in [0.2, 0.25) is 5.91 Å². The average Bonchev–Trinajstić information content (AvgIpc) is 2.79. The van der Waals surface area contributed by atoms with Crippen LogP contribution in [0.15, 0.2) is 48.5 Å². The van der Waals surface area contributed by atoms with Crippen LogP contribution in [0.3, 0.4) is 0 Å². The summed E-state index contributed by atoms with van der Waals surface area (Å²) in [6, 6.07) is 15.2. The third-order valence-corrected chi connectivity index (χ3v) is 6.09. The summed E-state index contributed by atoms with van der Waals surface area (Å²) < 4.78 is 6.35. The molecule has 0 aromatic heterocycles. The lowest BCUT2D eigenvalue weighted by Crippen LogP contribution is -2.47. The Bertz CT molecular complexity index is 929. The Morgan fingerprint density at radius 3 is 2.42 bits per heavy atom. The van der Waals surface area contributed by atoms with E-state index < -0.39 is 0 Å². The van der Waals surface area contributed by atoms with Gasteiger partial charge in [0.1, 0.15) is 0 Å². The van der Waals surface area contributed by atoms with Crippen molar-refractivity contribution < 1.29 is 19.4 Å². The van der Waals surface area contributed by atoms with Crippen LogP contribution in [-0.4, -0.2) is 65.6 Å². The molecular formula is C25H32N2O4. The largest absolute Gasteiger partial charge is 0.394 e. The van der Waals surface area contributed by atoms with Gasteiger partial charge in [-0.25, -0.2) is 0 Å². The lowest BCUT2D eigenvalue weighted by atomic mass is 9.94. The highest BCUT2D eigenvalue weighted by Crippen LogP contribution is 2.31. The van der Waals surface area contributed by atoms with Crippen LogP contribution in [-0.2, 0) is 16.1 Å². The number of likely N-dealkylation sites (N-methyl/N-ethyl adjacent to an activating group) is 1. The smallest absolute Gasteiger partial charge is 0.254 e. The van der Waals surface area contributed by atoms with E-state index in [4.69, 9.17) is 4.74 Å². The van der Waals surface area contributed by atoms with Gasteiger partial charge in [-0.1, -0.05) is 49.4 Å². The minimum absolute atomic E-state index is 0.0328. The number of hydrogen-bond donors (Lipinski definition) is 1. The van der Waals surface area contributed by atoms with Crippen LogP contribution in [0.25, 0.3) is 11.1 Å². The fourth-order valence-corrected chi connectivity index (χ4v) is 3.95. The number of amides is 2. The average molecular weight is 425 g/mol. The number of carbonyl (C=O) groups excluding carboxylic acids is 2. The summed E-state index contributed by atoms with van der Waals surface area (Å²) >= 11 is 0. The molecule has 0 radical (unpaired) electrons. The summed E-state index contributed by atoms with van der Waals surface area (Å²) in [6.07, 6.45) is -0.260. The second-order valence-electron chi connectivity index (χ2n) is 8.42. The standard InChI is InChI=1S/C25H32N2O4/c1-17-13-27(18(2)15-28)25(30)23-12-8-7-11-22(23)21-10-6-5-9-20(21)16-31-24(17)14-26(4)19(3)29/h5-12,17-18,24,28H,13-16H2,1-4H3/t17-,18-,24+/m0/s1. The molecule has 3 atom stereocenters. The Labute approximate surface area is 184 Å². The van der Waals surface area contributed by atoms with Gasteiger partial charge >= 0.3 is 0 Å². The van der Waals surface area contributed by atoms with E-state index in [0.29, 0.717) is 25.3 Å². The van der Waals surface area contributed by atoms with Gasteiger partial charge < -0.3 is 19.6 Å². The lowest BCUT2D eigenvalue weighted by Gasteiger charge is -2.35. The first kappa shape index (κ1) is 23.0. The van der Waals surface area contributed by atoms with Gasteiger partial charge in [0.05, 0.1) is 25.4 Å². The first-order valence-electron chi connectivity index (χ1n) is 10.8. The molecule has 2 aromatic carbocycles. The minimum Gasteiger partial charge on any atom is -0.394 e. The summed E-state index contributed by atoms with van der Waals surface area (Å²) in [5.74, 6) is -0.189. The van der Waals surface area contributed by atoms with Gasteiger partial charge in [0.25, 0.3) is 5.91 Å². The maximum Gasteiger partial charge on any atom is 0.254 e. The summed E-state index contributed by atoms with van der Waals surface area (Å²) in [7, 11) is 1.76. The van der Waals surface area contributed by atoms with Crippen molar-refractivity contribution in [2.75, 3.05) is 26.7 Å². The van der Waals surface area contributed by atoms with E-state index >= 15 is 0 Å². The van der Waals surface area contributed by atoms with Crippen molar-refractivity contribution in [3.63, 3.8) is 0 Å². The Kier molecular flexibility index (Phi) is 7.46. The zero-order valence-corrected chi connectivity index (χ0v) is 18.7. The highest BCUT2D eigenvalue weighted by atomic mass is 16.5. The molecule has 2 aromatic rings. The van der Waals surface area contributed by atoms with Gasteiger partial charge in [0.15, 0.2) is 0 Å². The third-order valence-electron chi connectivity index (χ3n) is 6.09. The van der Waals surface area contributed by atoms with Crippen LogP contribution in [0.2, 0.25) is 0 Å². The predicted octanol–water partition coefficient (Wildman–Crippen LogP) is 3.19. The first-order valence-corrected chi connectivity index (χ1v) is 10.8. The summed E-state index contributed by atoms with van der Waals surface area (Å²) in [4.78, 5) is 28.9. The molecule has 0 spiro atoms. The van der Waals surface area contributed by atoms with Crippen molar-refractivity contribution in [3.8, 4) is 11.1 Å². The van der Waals surface area contributed by atoms with E-state index in [1.807, 2.05) is 62.4 Å². The zero-order valence-electron chi connectivity index (χ0n) is 18.7. The molecule has 3 rings (SSSR count). The normalized spacial score (nSPS) is 20.3. The molecule has 166 valence electrons. The van der Waals surface area contributed by atoms with Gasteiger partial charge in [-0.15, -0.1) is 0 Å². The second-order valence-corrected chi connectivity index (χ2v) is 8.42. The maximum atomic E-state index is 13.7. The van der Waals surface area contributed by atoms with Gasteiger partial charge in [-0.05, 0) is 29.7 Å². The number of aliphatic hydroxyl groups excluding tert-OH is 1. The van der Waals surface area contributed by atoms with Crippen molar-refractivity contribution in [2.24, 2.45) is 5.92 Å². The third kappa shape index (κ3) is 5.14. The molecular weight excluding hydrogens is 392 g/mol. The van der Waals surface area contributed by atoms with Crippen LogP contribution in [0, 0.1) is 5.92 Å². The number of rotatable bonds is 4. The summed E-state index contributed by atoms with van der Waals surface area (Å²) in [6.45, 7) is 6.51. The summed E-state index contributed by atoms with van der Waals surface area (Å²) in [5.41, 5.74) is 3.42. The van der Waals surface area contributed by atoms with Crippen molar-refractivity contribution in [3.05, 3.63) is 59.7 Å². The Morgan fingerprint density at radius 2 is 1.77 bits per heavy atom. The van der Waals surface area contributed by atoms with Crippen LogP contribution < -0.4 is 0 Å². The van der Waals surface area contributed by atoms with Crippen molar-refractivity contribution in [1.29, 1.82) is 0 Å². The minimum atomic E-state index is -0.342. The van der Waals surface area contributed by atoms with E-state index in [1.165, 1.54) is 6.92 Å². The molecule has 0 saturated carbocycles. The zero-order chi connectivity index (χ0) is 22.5. The molecule has 1 aliphatic heterocycles. The maximum absolute atomic E-state index is 13.7. The molecule has 0 aliphatic carbocycles. The lowest BCUT2D eigenvalue weighted by molar-refractivity contribution is -0.130. The summed E-state index contributed by atoms with van der Waals surface area (Å²) in [5, 5.41) is 9.85. The van der Waals surface area contributed by atoms with E-state index in [2.05, 4.69) is 0 Å². The Morgan fingerprint density at radius 1 is 1.16 bits per heavy atom. The van der Waals surface area contributed by atoms with E-state index in [9.17, 15) is 14.7 Å². The predicted molar refractivity (Wildman–Crippen MR) is 121 cm³/mol. The molecule has 0 saturated heterocycles. The van der Waals surface area contributed by atoms with E-state index in [0.717, 1.165) is 16.7 Å². The van der Waals surface area contributed by atoms with Crippen LogP contribution >= 0.6 is 0 Å². The molecule has 2 amide bonds. The topological polar surface area (TPSA) is 70.1 Å². The van der Waals surface area contributed by atoms with Crippen LogP contribution in [0.5, 0.6) is 0 Å². The fraction of sp³-hybridized carbons (Fsp3) is 0.440. The number of nitrogens with zero attached hydrogens (tertiary/aromatic N) is 2. The van der Waals surface area contributed by atoms with Crippen molar-refractivity contribution in [2.45, 2.75) is 39.5 Å². The van der Waals surface area contributed by atoms with Crippen LogP contribution in [0.4, 0.5) is 0 Å². The van der Waals surface area contributed by atoms with Gasteiger partial charge in [0, 0.05) is 38.5 Å². The number of carbonyl (C=O) groups is 2. The molecule has 31 heavy (non-hydrogen) atoms. The fourth-order valence-electron chi connectivity index (χ4n) is 3.95. The molecule has 0 fully saturated rings. The van der Waals surface area contributed by atoms with Gasteiger partial charge in [-0.3, -0.25) is 9.59 Å². The van der Waals surface area contributed by atoms with E-state index in [-0.39, 0.29) is 36.5 Å². The van der Waals surface area contributed by atoms with E-state index in [1.54, 1.807) is 16.8 Å². The molecule has 1 aliphatic rings.